The minimum atomic E-state index is -0.681. The second kappa shape index (κ2) is 7.60. The Hall–Kier alpha value is -1.60. The zero-order valence-electron chi connectivity index (χ0n) is 12.0. The molecule has 116 valence electrons. The van der Waals surface area contributed by atoms with E-state index < -0.39 is 6.10 Å². The van der Waals surface area contributed by atoms with Gasteiger partial charge in [-0.15, -0.1) is 0 Å². The van der Waals surface area contributed by atoms with E-state index in [4.69, 9.17) is 9.15 Å². The highest BCUT2D eigenvalue weighted by Crippen LogP contribution is 2.26. The number of benzene rings is 1. The van der Waals surface area contributed by atoms with Crippen molar-refractivity contribution in [2.45, 2.75) is 20.0 Å². The lowest BCUT2D eigenvalue weighted by Crippen LogP contribution is -2.33. The quantitative estimate of drug-likeness (QED) is 0.576. The smallest absolute Gasteiger partial charge is 0.280 e. The van der Waals surface area contributed by atoms with Crippen molar-refractivity contribution in [3.8, 4) is 5.75 Å². The van der Waals surface area contributed by atoms with Crippen molar-refractivity contribution in [3.63, 3.8) is 0 Å². The highest BCUT2D eigenvalue weighted by molar-refractivity contribution is 9.10. The molecular formula is C15H14Br2N2O3. The number of hydrazone groups is 1. The molecule has 1 aromatic carbocycles. The summed E-state index contributed by atoms with van der Waals surface area (Å²) in [4.78, 5) is 11.9. The van der Waals surface area contributed by atoms with Gasteiger partial charge in [0.25, 0.3) is 5.91 Å². The summed E-state index contributed by atoms with van der Waals surface area (Å²) in [6.45, 7) is 3.63. The van der Waals surface area contributed by atoms with Crippen LogP contribution >= 0.6 is 31.9 Å². The van der Waals surface area contributed by atoms with Crippen LogP contribution in [0, 0.1) is 6.92 Å². The van der Waals surface area contributed by atoms with Crippen LogP contribution in [0.3, 0.4) is 0 Å². The summed E-state index contributed by atoms with van der Waals surface area (Å²) in [7, 11) is 0. The molecule has 1 amide bonds. The molecule has 0 saturated heterocycles. The number of rotatable bonds is 5. The Labute approximate surface area is 145 Å². The number of hydrogen-bond donors (Lipinski definition) is 1. The molecule has 0 bridgehead atoms. The van der Waals surface area contributed by atoms with Gasteiger partial charge in [0.15, 0.2) is 10.8 Å². The van der Waals surface area contributed by atoms with E-state index >= 15 is 0 Å². The van der Waals surface area contributed by atoms with E-state index in [9.17, 15) is 4.79 Å². The van der Waals surface area contributed by atoms with Gasteiger partial charge in [0.05, 0.1) is 10.7 Å². The van der Waals surface area contributed by atoms with Crippen LogP contribution < -0.4 is 10.2 Å². The first kappa shape index (κ1) is 16.8. The molecule has 0 radical (unpaired) electrons. The van der Waals surface area contributed by atoms with E-state index in [-0.39, 0.29) is 5.91 Å². The third-order valence-corrected chi connectivity index (χ3v) is 3.77. The van der Waals surface area contributed by atoms with Gasteiger partial charge < -0.3 is 9.15 Å². The number of nitrogens with zero attached hydrogens (tertiary/aromatic N) is 1. The van der Waals surface area contributed by atoms with Crippen molar-refractivity contribution in [1.29, 1.82) is 0 Å². The maximum Gasteiger partial charge on any atom is 0.280 e. The van der Waals surface area contributed by atoms with E-state index in [2.05, 4.69) is 42.4 Å². The Morgan fingerprint density at radius 1 is 1.36 bits per heavy atom. The first-order chi connectivity index (χ1) is 10.5. The topological polar surface area (TPSA) is 63.8 Å². The standard InChI is InChI=1S/C15H14Br2N2O3/c1-9-3-5-13(12(16)7-9)21-10(2)15(20)19-18-8-11-4-6-14(17)22-11/h3-8,10H,1-2H3,(H,19,20). The lowest BCUT2D eigenvalue weighted by Gasteiger charge is -2.14. The molecule has 1 N–H and O–H groups in total. The zero-order chi connectivity index (χ0) is 16.1. The number of hydrogen-bond acceptors (Lipinski definition) is 4. The van der Waals surface area contributed by atoms with Gasteiger partial charge in [-0.25, -0.2) is 5.43 Å². The van der Waals surface area contributed by atoms with Crippen LogP contribution in [0.15, 0.2) is 49.0 Å². The summed E-state index contributed by atoms with van der Waals surface area (Å²) in [5.41, 5.74) is 3.51. The van der Waals surface area contributed by atoms with Crippen LogP contribution in [-0.4, -0.2) is 18.2 Å². The molecule has 0 aliphatic carbocycles. The van der Waals surface area contributed by atoms with Crippen molar-refractivity contribution in [2.24, 2.45) is 5.10 Å². The average molecular weight is 430 g/mol. The summed E-state index contributed by atoms with van der Waals surface area (Å²) in [5, 5.41) is 3.82. The molecular weight excluding hydrogens is 416 g/mol. The van der Waals surface area contributed by atoms with Gasteiger partial charge in [0.2, 0.25) is 0 Å². The van der Waals surface area contributed by atoms with Gasteiger partial charge >= 0.3 is 0 Å². The van der Waals surface area contributed by atoms with Gasteiger partial charge in [0.1, 0.15) is 11.5 Å². The van der Waals surface area contributed by atoms with Crippen molar-refractivity contribution in [2.75, 3.05) is 0 Å². The Morgan fingerprint density at radius 2 is 2.14 bits per heavy atom. The number of nitrogens with one attached hydrogen (secondary N) is 1. The van der Waals surface area contributed by atoms with Crippen molar-refractivity contribution in [1.82, 2.24) is 5.43 Å². The lowest BCUT2D eigenvalue weighted by molar-refractivity contribution is -0.127. The first-order valence-electron chi connectivity index (χ1n) is 6.47. The van der Waals surface area contributed by atoms with Gasteiger partial charge in [-0.1, -0.05) is 6.07 Å². The number of amides is 1. The number of carbonyl (C=O) groups excluding carboxylic acids is 1. The molecule has 2 aromatic rings. The van der Waals surface area contributed by atoms with E-state index in [0.29, 0.717) is 16.2 Å². The zero-order valence-corrected chi connectivity index (χ0v) is 15.1. The van der Waals surface area contributed by atoms with Gasteiger partial charge in [-0.05, 0) is 75.5 Å². The number of halogens is 2. The Morgan fingerprint density at radius 3 is 2.77 bits per heavy atom. The maximum absolute atomic E-state index is 11.9. The number of carbonyl (C=O) groups is 1. The van der Waals surface area contributed by atoms with E-state index in [0.717, 1.165) is 10.0 Å². The lowest BCUT2D eigenvalue weighted by atomic mass is 10.2. The van der Waals surface area contributed by atoms with Crippen LogP contribution in [0.4, 0.5) is 0 Å². The van der Waals surface area contributed by atoms with Crippen molar-refractivity contribution < 1.29 is 13.9 Å². The van der Waals surface area contributed by atoms with Crippen LogP contribution in [0.25, 0.3) is 0 Å². The average Bonchev–Trinajstić information content (AvgIpc) is 2.87. The first-order valence-corrected chi connectivity index (χ1v) is 8.05. The summed E-state index contributed by atoms with van der Waals surface area (Å²) >= 11 is 6.59. The second-order valence-corrected chi connectivity index (χ2v) is 6.21. The van der Waals surface area contributed by atoms with Gasteiger partial charge in [-0.2, -0.15) is 5.10 Å². The predicted octanol–water partition coefficient (Wildman–Crippen LogP) is 4.03. The second-order valence-electron chi connectivity index (χ2n) is 4.57. The molecule has 5 nitrogen and oxygen atoms in total. The Bertz CT molecular complexity index is 698. The molecule has 0 aliphatic rings. The molecule has 0 aliphatic heterocycles. The SMILES string of the molecule is Cc1ccc(OC(C)C(=O)NN=Cc2ccc(Br)o2)c(Br)c1. The fourth-order valence-electron chi connectivity index (χ4n) is 1.59. The largest absolute Gasteiger partial charge is 0.480 e. The number of aryl methyl sites for hydroxylation is 1. The van der Waals surface area contributed by atoms with E-state index in [1.807, 2.05) is 25.1 Å². The van der Waals surface area contributed by atoms with E-state index in [1.165, 1.54) is 6.21 Å². The molecule has 22 heavy (non-hydrogen) atoms. The molecule has 1 atom stereocenters. The Kier molecular flexibility index (Phi) is 5.79. The summed E-state index contributed by atoms with van der Waals surface area (Å²) in [6.07, 6.45) is 0.733. The third-order valence-electron chi connectivity index (χ3n) is 2.72. The van der Waals surface area contributed by atoms with Crippen LogP contribution in [0.1, 0.15) is 18.2 Å². The molecule has 0 saturated carbocycles. The predicted molar refractivity (Wildman–Crippen MR) is 91.1 cm³/mol. The maximum atomic E-state index is 11.9. The molecule has 1 aromatic heterocycles. The number of ether oxygens (including phenoxy) is 1. The van der Waals surface area contributed by atoms with Crippen LogP contribution in [0.2, 0.25) is 0 Å². The summed E-state index contributed by atoms with van der Waals surface area (Å²) in [6, 6.07) is 9.12. The minimum Gasteiger partial charge on any atom is -0.480 e. The fourth-order valence-corrected chi connectivity index (χ4v) is 2.50. The fraction of sp³-hybridized carbons (Fsp3) is 0.200. The van der Waals surface area contributed by atoms with Crippen LogP contribution in [-0.2, 0) is 4.79 Å². The van der Waals surface area contributed by atoms with E-state index in [1.54, 1.807) is 19.1 Å². The number of furan rings is 1. The van der Waals surface area contributed by atoms with Crippen LogP contribution in [0.5, 0.6) is 5.75 Å². The van der Waals surface area contributed by atoms with Gasteiger partial charge in [-0.3, -0.25) is 4.79 Å². The molecule has 0 spiro atoms. The van der Waals surface area contributed by atoms with Crippen molar-refractivity contribution >= 4 is 44.0 Å². The van der Waals surface area contributed by atoms with Gasteiger partial charge in [0, 0.05) is 0 Å². The highest BCUT2D eigenvalue weighted by Gasteiger charge is 2.15. The summed E-state index contributed by atoms with van der Waals surface area (Å²) < 4.78 is 12.2. The monoisotopic (exact) mass is 428 g/mol. The molecule has 7 heteroatoms. The summed E-state index contributed by atoms with van der Waals surface area (Å²) in [5.74, 6) is 0.781. The minimum absolute atomic E-state index is 0.352. The molecule has 1 heterocycles. The van der Waals surface area contributed by atoms with Crippen molar-refractivity contribution in [3.05, 3.63) is 50.8 Å². The molecule has 2 rings (SSSR count). The molecule has 1 unspecified atom stereocenters. The Balaban J connectivity index is 1.90. The normalized spacial score (nSPS) is 12.4. The highest BCUT2D eigenvalue weighted by atomic mass is 79.9. The third kappa shape index (κ3) is 4.71. The molecule has 0 fully saturated rings.